The molecule has 0 atom stereocenters. The molecule has 0 saturated carbocycles. The number of H-pyrrole nitrogens is 1. The number of hydrogen-bond donors (Lipinski definition) is 3. The number of hydrogen-bond acceptors (Lipinski definition) is 5. The van der Waals surface area contributed by atoms with Gasteiger partial charge in [0.1, 0.15) is 17.3 Å². The molecular formula is C24H23F3N4O4. The van der Waals surface area contributed by atoms with Crippen LogP contribution in [0.4, 0.5) is 24.7 Å². The highest BCUT2D eigenvalue weighted by Crippen LogP contribution is 2.32. The summed E-state index contributed by atoms with van der Waals surface area (Å²) in [5.41, 5.74) is 0.144. The molecule has 1 heterocycles. The third-order valence-electron chi connectivity index (χ3n) is 4.99. The highest BCUT2D eigenvalue weighted by molar-refractivity contribution is 6.11. The number of aromatic nitrogens is 2. The number of anilines is 2. The minimum atomic E-state index is -4.65. The zero-order valence-corrected chi connectivity index (χ0v) is 19.0. The summed E-state index contributed by atoms with van der Waals surface area (Å²) in [4.78, 5) is 24.4. The molecule has 0 fully saturated rings. The predicted octanol–water partition coefficient (Wildman–Crippen LogP) is 4.61. The first-order valence-electron chi connectivity index (χ1n) is 10.3. The van der Waals surface area contributed by atoms with Crippen LogP contribution in [-0.4, -0.2) is 36.2 Å². The molecule has 0 radical (unpaired) electrons. The predicted molar refractivity (Wildman–Crippen MR) is 124 cm³/mol. The Bertz CT molecular complexity index is 1220. The summed E-state index contributed by atoms with van der Waals surface area (Å²) in [5.74, 6) is 0.0757. The number of carbonyl (C=O) groups is 2. The maximum absolute atomic E-state index is 13.1. The van der Waals surface area contributed by atoms with Gasteiger partial charge in [-0.25, -0.2) is 0 Å². The SMILES string of the molecule is C=CC(=O)Nc1cc(C(F)(F)F)ccc1C(=O)Nc1cc(CCc2cc(OC)cc(OC)c2)n[nH]1. The van der Waals surface area contributed by atoms with Crippen LogP contribution in [0.2, 0.25) is 0 Å². The zero-order chi connectivity index (χ0) is 25.6. The molecule has 0 saturated heterocycles. The van der Waals surface area contributed by atoms with Crippen molar-refractivity contribution in [1.29, 1.82) is 0 Å². The van der Waals surface area contributed by atoms with Gasteiger partial charge in [-0.05, 0) is 54.8 Å². The van der Waals surface area contributed by atoms with Crippen molar-refractivity contribution < 1.29 is 32.2 Å². The lowest BCUT2D eigenvalue weighted by Gasteiger charge is -2.13. The van der Waals surface area contributed by atoms with Gasteiger partial charge in [-0.15, -0.1) is 0 Å². The molecule has 0 unspecified atom stereocenters. The lowest BCUT2D eigenvalue weighted by atomic mass is 10.1. The third kappa shape index (κ3) is 6.62. The zero-order valence-electron chi connectivity index (χ0n) is 19.0. The third-order valence-corrected chi connectivity index (χ3v) is 4.99. The van der Waals surface area contributed by atoms with Crippen LogP contribution in [0, 0.1) is 0 Å². The number of alkyl halides is 3. The fraction of sp³-hybridized carbons (Fsp3) is 0.208. The van der Waals surface area contributed by atoms with Gasteiger partial charge in [0, 0.05) is 12.1 Å². The molecule has 3 rings (SSSR count). The quantitative estimate of drug-likeness (QED) is 0.382. The van der Waals surface area contributed by atoms with Crippen molar-refractivity contribution in [3.8, 4) is 11.5 Å². The summed E-state index contributed by atoms with van der Waals surface area (Å²) in [6.45, 7) is 3.27. The monoisotopic (exact) mass is 488 g/mol. The fourth-order valence-electron chi connectivity index (χ4n) is 3.23. The Morgan fingerprint density at radius 3 is 2.31 bits per heavy atom. The summed E-state index contributed by atoms with van der Waals surface area (Å²) in [6, 6.07) is 9.57. The van der Waals surface area contributed by atoms with Crippen LogP contribution < -0.4 is 20.1 Å². The van der Waals surface area contributed by atoms with Crippen LogP contribution in [0.1, 0.15) is 27.2 Å². The van der Waals surface area contributed by atoms with Gasteiger partial charge in [-0.2, -0.15) is 18.3 Å². The Kier molecular flexibility index (Phi) is 7.80. The van der Waals surface area contributed by atoms with Crippen molar-refractivity contribution in [3.05, 3.63) is 77.5 Å². The number of aromatic amines is 1. The molecule has 2 amide bonds. The van der Waals surface area contributed by atoms with E-state index in [2.05, 4.69) is 27.4 Å². The molecule has 1 aromatic heterocycles. The van der Waals surface area contributed by atoms with Gasteiger partial charge in [0.15, 0.2) is 0 Å². The number of rotatable bonds is 9. The Morgan fingerprint density at radius 1 is 1.03 bits per heavy atom. The van der Waals surface area contributed by atoms with E-state index in [1.807, 2.05) is 12.1 Å². The van der Waals surface area contributed by atoms with E-state index in [0.717, 1.165) is 23.8 Å². The minimum Gasteiger partial charge on any atom is -0.497 e. The molecule has 0 aliphatic carbocycles. The molecule has 8 nitrogen and oxygen atoms in total. The molecule has 3 aromatic rings. The highest BCUT2D eigenvalue weighted by Gasteiger charge is 2.31. The minimum absolute atomic E-state index is 0.159. The number of aryl methyl sites for hydroxylation is 2. The average Bonchev–Trinajstić information content (AvgIpc) is 3.28. The van der Waals surface area contributed by atoms with Gasteiger partial charge >= 0.3 is 6.18 Å². The first kappa shape index (κ1) is 25.3. The number of ether oxygens (including phenoxy) is 2. The molecule has 11 heteroatoms. The molecule has 184 valence electrons. The van der Waals surface area contributed by atoms with Crippen molar-refractivity contribution in [2.75, 3.05) is 24.9 Å². The highest BCUT2D eigenvalue weighted by atomic mass is 19.4. The first-order chi connectivity index (χ1) is 16.6. The topological polar surface area (TPSA) is 105 Å². The van der Waals surface area contributed by atoms with Crippen LogP contribution in [0.3, 0.4) is 0 Å². The van der Waals surface area contributed by atoms with Crippen molar-refractivity contribution >= 4 is 23.3 Å². The van der Waals surface area contributed by atoms with Gasteiger partial charge in [0.2, 0.25) is 5.91 Å². The van der Waals surface area contributed by atoms with Gasteiger partial charge in [0.05, 0.1) is 36.7 Å². The standard InChI is InChI=1S/C24H23F3N4O4/c1-4-22(32)28-20-11-15(24(25,26)27)6-8-19(20)23(33)29-21-12-16(30-31-21)7-5-14-9-17(34-2)13-18(10-14)35-3/h4,6,8-13H,1,5,7H2,2-3H3,(H,28,32)(H2,29,30,31,33). The maximum Gasteiger partial charge on any atom is 0.416 e. The molecule has 0 bridgehead atoms. The number of halogens is 3. The van der Waals surface area contributed by atoms with Gasteiger partial charge in [-0.1, -0.05) is 6.58 Å². The fourth-order valence-corrected chi connectivity index (χ4v) is 3.23. The number of methoxy groups -OCH3 is 2. The molecule has 3 N–H and O–H groups in total. The Labute approximate surface area is 199 Å². The van der Waals surface area contributed by atoms with E-state index in [1.54, 1.807) is 26.4 Å². The smallest absolute Gasteiger partial charge is 0.416 e. The van der Waals surface area contributed by atoms with E-state index in [9.17, 15) is 22.8 Å². The number of amides is 2. The van der Waals surface area contributed by atoms with Crippen molar-refractivity contribution in [3.63, 3.8) is 0 Å². The van der Waals surface area contributed by atoms with E-state index >= 15 is 0 Å². The average molecular weight is 488 g/mol. The first-order valence-corrected chi connectivity index (χ1v) is 10.3. The van der Waals surface area contributed by atoms with Gasteiger partial charge in [0.25, 0.3) is 5.91 Å². The molecule has 35 heavy (non-hydrogen) atoms. The second-order valence-corrected chi connectivity index (χ2v) is 7.40. The Balaban J connectivity index is 1.73. The van der Waals surface area contributed by atoms with Crippen LogP contribution in [0.15, 0.2) is 55.1 Å². The Hall–Kier alpha value is -4.28. The lowest BCUT2D eigenvalue weighted by Crippen LogP contribution is -2.18. The molecule has 2 aromatic carbocycles. The van der Waals surface area contributed by atoms with Gasteiger partial charge in [-0.3, -0.25) is 14.7 Å². The van der Waals surface area contributed by atoms with E-state index in [1.165, 1.54) is 0 Å². The van der Waals surface area contributed by atoms with E-state index < -0.39 is 23.6 Å². The van der Waals surface area contributed by atoms with E-state index in [-0.39, 0.29) is 17.1 Å². The Morgan fingerprint density at radius 2 is 1.71 bits per heavy atom. The molecule has 0 aliphatic heterocycles. The molecular weight excluding hydrogens is 465 g/mol. The summed E-state index contributed by atoms with van der Waals surface area (Å²) in [5, 5.41) is 11.6. The summed E-state index contributed by atoms with van der Waals surface area (Å²) < 4.78 is 49.8. The summed E-state index contributed by atoms with van der Waals surface area (Å²) in [6.07, 6.45) is -2.61. The lowest BCUT2D eigenvalue weighted by molar-refractivity contribution is -0.137. The van der Waals surface area contributed by atoms with Crippen molar-refractivity contribution in [2.24, 2.45) is 0 Å². The van der Waals surface area contributed by atoms with Crippen LogP contribution in [0.25, 0.3) is 0 Å². The van der Waals surface area contributed by atoms with Crippen molar-refractivity contribution in [1.82, 2.24) is 10.2 Å². The summed E-state index contributed by atoms with van der Waals surface area (Å²) >= 11 is 0. The summed E-state index contributed by atoms with van der Waals surface area (Å²) in [7, 11) is 3.12. The molecule has 0 aliphatic rings. The van der Waals surface area contributed by atoms with Gasteiger partial charge < -0.3 is 20.1 Å². The van der Waals surface area contributed by atoms with Crippen LogP contribution in [-0.2, 0) is 23.8 Å². The number of carbonyl (C=O) groups excluding carboxylic acids is 2. The maximum atomic E-state index is 13.1. The van der Waals surface area contributed by atoms with E-state index in [4.69, 9.17) is 9.47 Å². The number of nitrogens with one attached hydrogen (secondary N) is 3. The van der Waals surface area contributed by atoms with Crippen molar-refractivity contribution in [2.45, 2.75) is 19.0 Å². The largest absolute Gasteiger partial charge is 0.497 e. The van der Waals surface area contributed by atoms with E-state index in [0.29, 0.717) is 36.1 Å². The second-order valence-electron chi connectivity index (χ2n) is 7.40. The van der Waals surface area contributed by atoms with Crippen LogP contribution >= 0.6 is 0 Å². The van der Waals surface area contributed by atoms with Crippen LogP contribution in [0.5, 0.6) is 11.5 Å². The second kappa shape index (κ2) is 10.8. The molecule has 0 spiro atoms. The normalized spacial score (nSPS) is 11.0. The number of nitrogens with zero attached hydrogens (tertiary/aromatic N) is 1. The number of benzene rings is 2.